The third kappa shape index (κ3) is 14.4. The lowest BCUT2D eigenvalue weighted by Crippen LogP contribution is -2.08. The van der Waals surface area contributed by atoms with Gasteiger partial charge in [-0.1, -0.05) is 19.1 Å². The molecule has 8 N–H and O–H groups in total. The fourth-order valence-corrected chi connectivity index (χ4v) is 2.35. The van der Waals surface area contributed by atoms with Crippen LogP contribution in [0, 0.1) is 20.2 Å². The maximum atomic E-state index is 11.1. The summed E-state index contributed by atoms with van der Waals surface area (Å²) >= 11 is 0. The largest absolute Gasteiger partial charge is 0.481 e. The second-order valence-corrected chi connectivity index (χ2v) is 8.20. The summed E-state index contributed by atoms with van der Waals surface area (Å²) in [7, 11) is -4.67. The summed E-state index contributed by atoms with van der Waals surface area (Å²) in [6, 6.07) is 8.44. The first-order chi connectivity index (χ1) is 17.3. The number of nitrogens with two attached hydrogens (primary N) is 2. The van der Waals surface area contributed by atoms with Crippen LogP contribution >= 0.6 is 0 Å². The van der Waals surface area contributed by atoms with Crippen LogP contribution in [-0.4, -0.2) is 55.9 Å². The van der Waals surface area contributed by atoms with Gasteiger partial charge in [0.1, 0.15) is 17.2 Å². The van der Waals surface area contributed by atoms with Gasteiger partial charge in [-0.25, -0.2) is 0 Å². The topological polar surface area (TPSA) is 288 Å². The second-order valence-electron chi connectivity index (χ2n) is 7.31. The first kappa shape index (κ1) is 36.0. The molecule has 0 aromatic heterocycles. The van der Waals surface area contributed by atoms with Crippen molar-refractivity contribution in [1.82, 2.24) is 0 Å². The number of aliphatic hydroxyl groups excluding tert-OH is 1. The molecule has 0 fully saturated rings. The molecule has 2 aromatic rings. The Bertz CT molecular complexity index is 1150. The molecule has 0 aliphatic heterocycles. The van der Waals surface area contributed by atoms with Gasteiger partial charge in [0, 0.05) is 24.7 Å². The SMILES string of the molecule is CC(=O)C(C)c1ccc(N)c([N+](=O)[O-])c1.CC(C(=O)O)c1ccc(N)c([N+](=O)[O-])c1.CCO.O=S(=O)(O)O. The molecule has 0 spiro atoms. The van der Waals surface area contributed by atoms with Crippen molar-refractivity contribution in [1.29, 1.82) is 0 Å². The molecule has 0 aliphatic rings. The number of hydrogen-bond acceptors (Lipinski definition) is 11. The molecule has 2 unspecified atom stereocenters. The molecular formula is C21H30N4O12S. The number of carbonyl (C=O) groups is 2. The van der Waals surface area contributed by atoms with Crippen LogP contribution in [0.1, 0.15) is 50.7 Å². The van der Waals surface area contributed by atoms with Gasteiger partial charge in [-0.15, -0.1) is 0 Å². The number of nitro groups is 2. The Morgan fingerprint density at radius 2 is 1.18 bits per heavy atom. The number of rotatable bonds is 6. The van der Waals surface area contributed by atoms with Gasteiger partial charge in [-0.3, -0.25) is 38.9 Å². The van der Waals surface area contributed by atoms with Gasteiger partial charge in [0.15, 0.2) is 0 Å². The number of nitrogens with zero attached hydrogens (tertiary/aromatic N) is 2. The molecule has 0 bridgehead atoms. The van der Waals surface area contributed by atoms with Gasteiger partial charge < -0.3 is 21.7 Å². The van der Waals surface area contributed by atoms with Crippen LogP contribution in [0.3, 0.4) is 0 Å². The molecule has 0 saturated heterocycles. The van der Waals surface area contributed by atoms with E-state index in [2.05, 4.69) is 0 Å². The van der Waals surface area contributed by atoms with E-state index in [4.69, 9.17) is 39.2 Å². The monoisotopic (exact) mass is 562 g/mol. The van der Waals surface area contributed by atoms with E-state index < -0.39 is 32.1 Å². The number of carboxylic acids is 1. The summed E-state index contributed by atoms with van der Waals surface area (Å²) in [6.07, 6.45) is 0. The molecule has 2 atom stereocenters. The molecule has 0 radical (unpaired) electrons. The lowest BCUT2D eigenvalue weighted by atomic mass is 9.97. The smallest absolute Gasteiger partial charge is 0.394 e. The average molecular weight is 563 g/mol. The molecule has 0 aliphatic carbocycles. The Balaban J connectivity index is 0. The van der Waals surface area contributed by atoms with E-state index >= 15 is 0 Å². The quantitative estimate of drug-likeness (QED) is 0.128. The van der Waals surface area contributed by atoms with E-state index in [0.717, 1.165) is 0 Å². The second kappa shape index (κ2) is 16.5. The number of carbonyl (C=O) groups excluding carboxylic acids is 1. The van der Waals surface area contributed by atoms with E-state index in [1.54, 1.807) is 19.9 Å². The lowest BCUT2D eigenvalue weighted by molar-refractivity contribution is -0.384. The summed E-state index contributed by atoms with van der Waals surface area (Å²) in [5.74, 6) is -2.20. The summed E-state index contributed by atoms with van der Waals surface area (Å²) in [5, 5.41) is 37.5. The number of aliphatic carboxylic acids is 1. The summed E-state index contributed by atoms with van der Waals surface area (Å²) in [6.45, 7) is 6.54. The first-order valence-corrected chi connectivity index (χ1v) is 11.8. The number of carboxylic acid groups (broad SMARTS) is 1. The Morgan fingerprint density at radius 3 is 1.42 bits per heavy atom. The zero-order valence-electron chi connectivity index (χ0n) is 20.8. The number of ketones is 1. The van der Waals surface area contributed by atoms with Crippen molar-refractivity contribution in [2.45, 2.75) is 39.5 Å². The minimum absolute atomic E-state index is 0.0290. The van der Waals surface area contributed by atoms with Gasteiger partial charge in [0.05, 0.1) is 15.8 Å². The Morgan fingerprint density at radius 1 is 0.895 bits per heavy atom. The van der Waals surface area contributed by atoms with Crippen LogP contribution < -0.4 is 11.5 Å². The zero-order chi connectivity index (χ0) is 30.4. The Labute approximate surface area is 217 Å². The molecule has 0 saturated carbocycles. The number of hydrogen-bond donors (Lipinski definition) is 6. The van der Waals surface area contributed by atoms with E-state index in [9.17, 15) is 29.8 Å². The van der Waals surface area contributed by atoms with Gasteiger partial charge in [-0.2, -0.15) is 8.42 Å². The number of nitrogen functional groups attached to an aromatic ring is 2. The Kier molecular flexibility index (Phi) is 15.7. The number of aliphatic hydroxyl groups is 1. The molecule has 2 aromatic carbocycles. The summed E-state index contributed by atoms with van der Waals surface area (Å²) < 4.78 is 31.6. The van der Waals surface area contributed by atoms with Crippen molar-refractivity contribution in [3.63, 3.8) is 0 Å². The fourth-order valence-electron chi connectivity index (χ4n) is 2.35. The number of anilines is 2. The zero-order valence-corrected chi connectivity index (χ0v) is 21.7. The van der Waals surface area contributed by atoms with E-state index in [1.807, 2.05) is 0 Å². The van der Waals surface area contributed by atoms with Crippen LogP contribution in [0.5, 0.6) is 0 Å². The predicted octanol–water partition coefficient (Wildman–Crippen LogP) is 2.58. The highest BCUT2D eigenvalue weighted by Gasteiger charge is 2.19. The van der Waals surface area contributed by atoms with Gasteiger partial charge in [0.2, 0.25) is 0 Å². The highest BCUT2D eigenvalue weighted by molar-refractivity contribution is 7.79. The molecule has 38 heavy (non-hydrogen) atoms. The van der Waals surface area contributed by atoms with Crippen LogP contribution in [-0.2, 0) is 20.0 Å². The van der Waals surface area contributed by atoms with E-state index in [-0.39, 0.29) is 41.1 Å². The summed E-state index contributed by atoms with van der Waals surface area (Å²) in [4.78, 5) is 41.7. The summed E-state index contributed by atoms with van der Waals surface area (Å²) in [5.41, 5.74) is 11.5. The highest BCUT2D eigenvalue weighted by Crippen LogP contribution is 2.27. The number of nitro benzene ring substituents is 2. The molecule has 212 valence electrons. The average Bonchev–Trinajstić information content (AvgIpc) is 2.78. The molecule has 2 rings (SSSR count). The van der Waals surface area contributed by atoms with Crippen molar-refractivity contribution < 1.29 is 47.2 Å². The maximum absolute atomic E-state index is 11.1. The van der Waals surface area contributed by atoms with Gasteiger partial charge >= 0.3 is 16.4 Å². The normalized spacial score (nSPS) is 11.6. The van der Waals surface area contributed by atoms with E-state index in [0.29, 0.717) is 11.1 Å². The van der Waals surface area contributed by atoms with Crippen molar-refractivity contribution in [3.05, 3.63) is 67.8 Å². The number of benzene rings is 2. The highest BCUT2D eigenvalue weighted by atomic mass is 32.3. The van der Waals surface area contributed by atoms with Crippen LogP contribution in [0.15, 0.2) is 36.4 Å². The van der Waals surface area contributed by atoms with E-state index in [1.165, 1.54) is 44.2 Å². The molecule has 0 amide bonds. The molecule has 17 heteroatoms. The molecule has 16 nitrogen and oxygen atoms in total. The van der Waals surface area contributed by atoms with Gasteiger partial charge in [0.25, 0.3) is 11.4 Å². The Hall–Kier alpha value is -4.19. The van der Waals surface area contributed by atoms with Crippen molar-refractivity contribution in [3.8, 4) is 0 Å². The van der Waals surface area contributed by atoms with Crippen molar-refractivity contribution in [2.24, 2.45) is 0 Å². The fraction of sp³-hybridized carbons (Fsp3) is 0.333. The van der Waals surface area contributed by atoms with Crippen molar-refractivity contribution in [2.75, 3.05) is 18.1 Å². The predicted molar refractivity (Wildman–Crippen MR) is 137 cm³/mol. The lowest BCUT2D eigenvalue weighted by Gasteiger charge is -2.08. The number of Topliss-reactive ketones (excluding diaryl/α,β-unsaturated/α-hetero) is 1. The standard InChI is InChI=1S/C10H12N2O3.C9H10N2O4.C2H6O.H2O4S/c1-6(7(2)13)8-3-4-9(11)10(5-8)12(14)15;1-5(9(12)13)6-2-3-7(10)8(4-6)11(14)15;1-2-3;1-5(2,3)4/h3-6H,11H2,1-2H3;2-5H,10H2,1H3,(H,12,13);3H,2H2,1H3;(H2,1,2,3,4). The minimum atomic E-state index is -4.67. The van der Waals surface area contributed by atoms with Crippen LogP contribution in [0.4, 0.5) is 22.7 Å². The molecular weight excluding hydrogens is 532 g/mol. The van der Waals surface area contributed by atoms with Crippen LogP contribution in [0.25, 0.3) is 0 Å². The van der Waals surface area contributed by atoms with Crippen LogP contribution in [0.2, 0.25) is 0 Å². The first-order valence-electron chi connectivity index (χ1n) is 10.4. The maximum Gasteiger partial charge on any atom is 0.394 e. The minimum Gasteiger partial charge on any atom is -0.481 e. The third-order valence-electron chi connectivity index (χ3n) is 4.48. The van der Waals surface area contributed by atoms with Crippen molar-refractivity contribution >= 4 is 44.9 Å². The van der Waals surface area contributed by atoms with Gasteiger partial charge in [-0.05, 0) is 44.0 Å². The third-order valence-corrected chi connectivity index (χ3v) is 4.48. The molecule has 0 heterocycles.